The van der Waals surface area contributed by atoms with Gasteiger partial charge in [0.25, 0.3) is 0 Å². The van der Waals surface area contributed by atoms with Gasteiger partial charge in [0.05, 0.1) is 27.8 Å². The lowest BCUT2D eigenvalue weighted by Gasteiger charge is -2.47. The van der Waals surface area contributed by atoms with Crippen LogP contribution in [-0.4, -0.2) is 40.7 Å². The fourth-order valence-electron chi connectivity index (χ4n) is 3.08. The van der Waals surface area contributed by atoms with Crippen molar-refractivity contribution in [3.05, 3.63) is 16.1 Å². The van der Waals surface area contributed by atoms with Gasteiger partial charge in [0, 0.05) is 24.9 Å². The first kappa shape index (κ1) is 16.2. The maximum absolute atomic E-state index is 6.11. The fourth-order valence-corrected chi connectivity index (χ4v) is 4.15. The molecule has 1 aromatic rings. The van der Waals surface area contributed by atoms with Crippen molar-refractivity contribution in [3.8, 4) is 0 Å². The molecule has 2 rings (SSSR count). The summed E-state index contributed by atoms with van der Waals surface area (Å²) < 4.78 is 6.11. The summed E-state index contributed by atoms with van der Waals surface area (Å²) in [6.45, 7) is 11.8. The van der Waals surface area contributed by atoms with E-state index in [4.69, 9.17) is 16.3 Å². The summed E-state index contributed by atoms with van der Waals surface area (Å²) >= 11 is 7.50. The lowest BCUT2D eigenvalue weighted by molar-refractivity contribution is -0.180. The first-order valence-electron chi connectivity index (χ1n) is 7.21. The van der Waals surface area contributed by atoms with E-state index >= 15 is 0 Å². The van der Waals surface area contributed by atoms with Crippen molar-refractivity contribution in [2.24, 2.45) is 0 Å². The number of nitrogens with zero attached hydrogens (tertiary/aromatic N) is 2. The number of hydrogen-bond donors (Lipinski definition) is 0. The molecule has 2 heterocycles. The van der Waals surface area contributed by atoms with Crippen molar-refractivity contribution < 1.29 is 4.74 Å². The molecule has 0 atom stereocenters. The molecule has 1 aliphatic heterocycles. The summed E-state index contributed by atoms with van der Waals surface area (Å²) in [6, 6.07) is 0. The Balaban J connectivity index is 1.81. The van der Waals surface area contributed by atoms with Crippen molar-refractivity contribution in [1.29, 1.82) is 0 Å². The molecule has 1 fully saturated rings. The lowest BCUT2D eigenvalue weighted by atomic mass is 9.99. The highest BCUT2D eigenvalue weighted by molar-refractivity contribution is 7.09. The van der Waals surface area contributed by atoms with Crippen molar-refractivity contribution in [2.75, 3.05) is 19.6 Å². The zero-order chi connectivity index (χ0) is 14.8. The molecule has 1 aromatic heterocycles. The van der Waals surface area contributed by atoms with Crippen molar-refractivity contribution in [2.45, 2.75) is 57.6 Å². The van der Waals surface area contributed by atoms with Crippen LogP contribution in [0.25, 0.3) is 0 Å². The zero-order valence-corrected chi connectivity index (χ0v) is 14.5. The minimum absolute atomic E-state index is 0.0608. The second-order valence-electron chi connectivity index (χ2n) is 6.80. The van der Waals surface area contributed by atoms with Gasteiger partial charge in [-0.2, -0.15) is 0 Å². The van der Waals surface area contributed by atoms with E-state index < -0.39 is 0 Å². The van der Waals surface area contributed by atoms with Crippen LogP contribution in [0.1, 0.15) is 44.8 Å². The second-order valence-corrected chi connectivity index (χ2v) is 8.01. The Morgan fingerprint density at radius 1 is 1.30 bits per heavy atom. The van der Waals surface area contributed by atoms with E-state index in [1.807, 2.05) is 0 Å². The van der Waals surface area contributed by atoms with Gasteiger partial charge < -0.3 is 4.74 Å². The third-order valence-corrected chi connectivity index (χ3v) is 4.59. The van der Waals surface area contributed by atoms with Crippen LogP contribution >= 0.6 is 22.9 Å². The highest BCUT2D eigenvalue weighted by atomic mass is 35.5. The maximum atomic E-state index is 6.11. The SMILES string of the molecule is CC1(C)CN(CCCc2nc(CCl)cs2)CC(C)(C)O1. The molecule has 0 bridgehead atoms. The number of aromatic nitrogens is 1. The van der Waals surface area contributed by atoms with E-state index in [9.17, 15) is 0 Å². The van der Waals surface area contributed by atoms with Gasteiger partial charge in [0.2, 0.25) is 0 Å². The molecule has 0 N–H and O–H groups in total. The minimum Gasteiger partial charge on any atom is -0.367 e. The third-order valence-electron chi connectivity index (χ3n) is 3.36. The van der Waals surface area contributed by atoms with Gasteiger partial charge in [-0.1, -0.05) is 0 Å². The second kappa shape index (κ2) is 6.30. The van der Waals surface area contributed by atoms with Crippen LogP contribution in [0.4, 0.5) is 0 Å². The highest BCUT2D eigenvalue weighted by Gasteiger charge is 2.37. The Bertz CT molecular complexity index is 429. The number of thiazole rings is 1. The maximum Gasteiger partial charge on any atom is 0.0929 e. The van der Waals surface area contributed by atoms with Gasteiger partial charge >= 0.3 is 0 Å². The van der Waals surface area contributed by atoms with Crippen molar-refractivity contribution >= 4 is 22.9 Å². The van der Waals surface area contributed by atoms with E-state index in [2.05, 4.69) is 43.0 Å². The Morgan fingerprint density at radius 2 is 1.95 bits per heavy atom. The average molecular weight is 317 g/mol. The summed E-state index contributed by atoms with van der Waals surface area (Å²) in [6.07, 6.45) is 2.18. The molecule has 0 spiro atoms. The number of aryl methyl sites for hydroxylation is 1. The summed E-state index contributed by atoms with van der Waals surface area (Å²) in [4.78, 5) is 7.03. The number of alkyl halides is 1. The van der Waals surface area contributed by atoms with Gasteiger partial charge in [0.15, 0.2) is 0 Å². The Kier molecular flexibility index (Phi) is 5.11. The number of rotatable bonds is 5. The van der Waals surface area contributed by atoms with Gasteiger partial charge in [-0.3, -0.25) is 4.90 Å². The highest BCUT2D eigenvalue weighted by Crippen LogP contribution is 2.28. The third kappa shape index (κ3) is 4.69. The van der Waals surface area contributed by atoms with E-state index in [0.29, 0.717) is 5.88 Å². The molecule has 0 aromatic carbocycles. The van der Waals surface area contributed by atoms with Crippen LogP contribution in [0.3, 0.4) is 0 Å². The fraction of sp³-hybridized carbons (Fsp3) is 0.800. The van der Waals surface area contributed by atoms with Crippen molar-refractivity contribution in [3.63, 3.8) is 0 Å². The average Bonchev–Trinajstić information content (AvgIpc) is 2.72. The minimum atomic E-state index is -0.0608. The summed E-state index contributed by atoms with van der Waals surface area (Å²) in [5.74, 6) is 0.516. The largest absolute Gasteiger partial charge is 0.367 e. The molecule has 3 nitrogen and oxygen atoms in total. The first-order chi connectivity index (χ1) is 9.30. The number of halogens is 1. The molecule has 0 unspecified atom stereocenters. The monoisotopic (exact) mass is 316 g/mol. The van der Waals surface area contributed by atoms with E-state index in [1.54, 1.807) is 11.3 Å². The van der Waals surface area contributed by atoms with Gasteiger partial charge in [0.1, 0.15) is 0 Å². The van der Waals surface area contributed by atoms with E-state index in [0.717, 1.165) is 38.2 Å². The molecular weight excluding hydrogens is 292 g/mol. The number of ether oxygens (including phenoxy) is 1. The van der Waals surface area contributed by atoms with Crippen LogP contribution < -0.4 is 0 Å². The van der Waals surface area contributed by atoms with Gasteiger partial charge in [-0.05, 0) is 40.7 Å². The molecule has 20 heavy (non-hydrogen) atoms. The molecule has 5 heteroatoms. The van der Waals surface area contributed by atoms with Crippen LogP contribution in [-0.2, 0) is 17.0 Å². The van der Waals surface area contributed by atoms with Crippen LogP contribution in [0, 0.1) is 0 Å². The summed E-state index contributed by atoms with van der Waals surface area (Å²) in [5.41, 5.74) is 0.879. The number of morpholine rings is 1. The summed E-state index contributed by atoms with van der Waals surface area (Å²) in [5, 5.41) is 3.26. The van der Waals surface area contributed by atoms with Gasteiger partial charge in [-0.15, -0.1) is 22.9 Å². The van der Waals surface area contributed by atoms with Crippen molar-refractivity contribution in [1.82, 2.24) is 9.88 Å². The zero-order valence-electron chi connectivity index (χ0n) is 12.9. The molecule has 0 aliphatic carbocycles. The predicted octanol–water partition coefficient (Wildman–Crippen LogP) is 3.70. The first-order valence-corrected chi connectivity index (χ1v) is 8.63. The Morgan fingerprint density at radius 3 is 2.50 bits per heavy atom. The van der Waals surface area contributed by atoms with Crippen LogP contribution in [0.5, 0.6) is 0 Å². The molecule has 1 saturated heterocycles. The van der Waals surface area contributed by atoms with Crippen LogP contribution in [0.15, 0.2) is 5.38 Å². The number of hydrogen-bond acceptors (Lipinski definition) is 4. The Hall–Kier alpha value is -0.160. The molecular formula is C15H25ClN2OS. The van der Waals surface area contributed by atoms with E-state index in [1.165, 1.54) is 5.01 Å². The molecule has 0 amide bonds. The molecule has 114 valence electrons. The predicted molar refractivity (Wildman–Crippen MR) is 85.7 cm³/mol. The molecule has 0 saturated carbocycles. The van der Waals surface area contributed by atoms with Gasteiger partial charge in [-0.25, -0.2) is 4.98 Å². The molecule has 0 radical (unpaired) electrons. The normalized spacial score (nSPS) is 22.1. The van der Waals surface area contributed by atoms with E-state index in [-0.39, 0.29) is 11.2 Å². The topological polar surface area (TPSA) is 25.4 Å². The van der Waals surface area contributed by atoms with Crippen LogP contribution in [0.2, 0.25) is 0 Å². The lowest BCUT2D eigenvalue weighted by Crippen LogP contribution is -2.57. The molecule has 1 aliphatic rings. The standard InChI is InChI=1S/C15H25ClN2OS/c1-14(2)10-18(11-15(3,4)19-14)7-5-6-13-17-12(8-16)9-20-13/h9H,5-8,10-11H2,1-4H3. The smallest absolute Gasteiger partial charge is 0.0929 e. The quantitative estimate of drug-likeness (QED) is 0.774. The summed E-state index contributed by atoms with van der Waals surface area (Å²) in [7, 11) is 0. The Labute approximate surface area is 131 Å².